The number of anilines is 1. The first-order valence-corrected chi connectivity index (χ1v) is 20.5. The Balaban J connectivity index is 1.25. The first kappa shape index (κ1) is 36.2. The first-order chi connectivity index (χ1) is 24.6. The second-order valence-electron chi connectivity index (χ2n) is 15.4. The number of aryl methyl sites for hydroxylation is 1. The maximum Gasteiger partial charge on any atom is 0.327 e. The Morgan fingerprint density at radius 3 is 2.75 bits per heavy atom. The van der Waals surface area contributed by atoms with Crippen LogP contribution in [-0.2, 0) is 31.2 Å². The summed E-state index contributed by atoms with van der Waals surface area (Å²) in [5, 5.41) is 3.68. The smallest absolute Gasteiger partial charge is 0.327 e. The Morgan fingerprint density at radius 1 is 1.12 bits per heavy atom. The number of hydrogen-bond donors (Lipinski definition) is 2. The number of carbonyl (C=O) groups excluding carboxylic acids is 2. The monoisotopic (exact) mass is 738 g/mol. The highest BCUT2D eigenvalue weighted by atomic mass is 35.5. The lowest BCUT2D eigenvalue weighted by atomic mass is 9.68. The van der Waals surface area contributed by atoms with Crippen LogP contribution in [0, 0.1) is 17.8 Å². The fourth-order valence-corrected chi connectivity index (χ4v) is 11.0. The number of allylic oxidation sites excluding steroid dienone is 1. The molecule has 2 aliphatic heterocycles. The molecule has 2 bridgehead atoms. The molecule has 2 saturated carbocycles. The molecule has 2 fully saturated rings. The van der Waals surface area contributed by atoms with Crippen molar-refractivity contribution in [3.63, 3.8) is 0 Å². The SMILES string of the molecule is CO[C@@H]1CC[C@@H](NC(=O)NS2(=O)=NC(=O)c3ccc4c(c3)N(C[C@@H]3CC[C@H]3[C@@H](OC)/C=C/C[C@H](C)C2)C[C@@]2(CCCc3cc(Cl)ccc32)CO4)C1. The van der Waals surface area contributed by atoms with Crippen molar-refractivity contribution >= 4 is 39.1 Å². The van der Waals surface area contributed by atoms with Gasteiger partial charge in [0, 0.05) is 49.4 Å². The molecule has 2 aromatic carbocycles. The maximum absolute atomic E-state index is 14.5. The van der Waals surface area contributed by atoms with Crippen molar-refractivity contribution in [3.8, 4) is 5.75 Å². The Morgan fingerprint density at radius 2 is 1.98 bits per heavy atom. The first-order valence-electron chi connectivity index (χ1n) is 18.5. The van der Waals surface area contributed by atoms with E-state index in [4.69, 9.17) is 25.8 Å². The van der Waals surface area contributed by atoms with E-state index in [0.29, 0.717) is 42.6 Å². The zero-order valence-corrected chi connectivity index (χ0v) is 31.5. The van der Waals surface area contributed by atoms with Crippen molar-refractivity contribution < 1.29 is 28.0 Å². The number of methoxy groups -OCH3 is 2. The van der Waals surface area contributed by atoms with Gasteiger partial charge in [0.15, 0.2) is 0 Å². The highest BCUT2D eigenvalue weighted by molar-refractivity contribution is 7.92. The molecule has 0 aromatic heterocycles. The molecular formula is C39H51ClN4O6S. The summed E-state index contributed by atoms with van der Waals surface area (Å²) in [7, 11) is -0.0559. The van der Waals surface area contributed by atoms with Crippen molar-refractivity contribution in [2.75, 3.05) is 44.6 Å². The molecule has 3 amide bonds. The Labute approximate surface area is 307 Å². The van der Waals surface area contributed by atoms with Gasteiger partial charge in [0.05, 0.1) is 30.3 Å². The van der Waals surface area contributed by atoms with Crippen LogP contribution in [0.4, 0.5) is 10.5 Å². The lowest BCUT2D eigenvalue weighted by Crippen LogP contribution is -2.49. The molecular weight excluding hydrogens is 688 g/mol. The van der Waals surface area contributed by atoms with Crippen LogP contribution in [0.15, 0.2) is 52.9 Å². The summed E-state index contributed by atoms with van der Waals surface area (Å²) in [6, 6.07) is 10.9. The van der Waals surface area contributed by atoms with Crippen LogP contribution < -0.4 is 19.7 Å². The molecule has 1 spiro atoms. The molecule has 0 radical (unpaired) electrons. The fourth-order valence-electron chi connectivity index (χ4n) is 9.01. The third kappa shape index (κ3) is 7.82. The average molecular weight is 739 g/mol. The van der Waals surface area contributed by atoms with Gasteiger partial charge in [-0.1, -0.05) is 36.7 Å². The van der Waals surface area contributed by atoms with Gasteiger partial charge in [0.2, 0.25) is 0 Å². The summed E-state index contributed by atoms with van der Waals surface area (Å²) in [4.78, 5) is 29.6. The average Bonchev–Trinajstić information content (AvgIpc) is 3.48. The van der Waals surface area contributed by atoms with E-state index in [1.807, 2.05) is 25.1 Å². The van der Waals surface area contributed by atoms with Crippen molar-refractivity contribution in [2.45, 2.75) is 88.4 Å². The molecule has 2 aromatic rings. The van der Waals surface area contributed by atoms with Crippen LogP contribution in [0.2, 0.25) is 5.02 Å². The summed E-state index contributed by atoms with van der Waals surface area (Å²) in [6.45, 7) is 3.98. The summed E-state index contributed by atoms with van der Waals surface area (Å²) in [5.74, 6) is 0.720. The van der Waals surface area contributed by atoms with E-state index in [-0.39, 0.29) is 35.3 Å². The molecule has 51 heavy (non-hydrogen) atoms. The number of ether oxygens (including phenoxy) is 3. The number of urea groups is 1. The number of carbonyl (C=O) groups is 2. The van der Waals surface area contributed by atoms with Crippen LogP contribution in [0.25, 0.3) is 0 Å². The molecule has 7 rings (SSSR count). The zero-order valence-electron chi connectivity index (χ0n) is 29.9. The summed E-state index contributed by atoms with van der Waals surface area (Å²) in [5.41, 5.74) is 3.43. The molecule has 2 heterocycles. The van der Waals surface area contributed by atoms with E-state index >= 15 is 0 Å². The number of nitrogens with one attached hydrogen (secondary N) is 2. The molecule has 5 aliphatic rings. The fraction of sp³-hybridized carbons (Fsp3) is 0.590. The zero-order chi connectivity index (χ0) is 35.8. The van der Waals surface area contributed by atoms with Gasteiger partial charge in [-0.05, 0) is 117 Å². The van der Waals surface area contributed by atoms with Crippen LogP contribution in [0.5, 0.6) is 5.75 Å². The predicted octanol–water partition coefficient (Wildman–Crippen LogP) is 6.84. The molecule has 1 unspecified atom stereocenters. The van der Waals surface area contributed by atoms with E-state index in [2.05, 4.69) is 43.6 Å². The summed E-state index contributed by atoms with van der Waals surface area (Å²) < 4.78 is 39.6. The van der Waals surface area contributed by atoms with Gasteiger partial charge in [-0.25, -0.2) is 9.00 Å². The van der Waals surface area contributed by atoms with E-state index in [0.717, 1.165) is 68.7 Å². The van der Waals surface area contributed by atoms with E-state index in [1.54, 1.807) is 20.3 Å². The minimum atomic E-state index is -3.49. The Kier molecular flexibility index (Phi) is 10.7. The van der Waals surface area contributed by atoms with Crippen molar-refractivity contribution in [1.82, 2.24) is 10.0 Å². The largest absolute Gasteiger partial charge is 0.490 e. The molecule has 8 atom stereocenters. The number of fused-ring (bicyclic) bond motifs is 4. The van der Waals surface area contributed by atoms with Gasteiger partial charge in [0.25, 0.3) is 5.91 Å². The van der Waals surface area contributed by atoms with E-state index in [9.17, 15) is 13.8 Å². The minimum Gasteiger partial charge on any atom is -0.490 e. The van der Waals surface area contributed by atoms with Gasteiger partial charge >= 0.3 is 6.03 Å². The quantitative estimate of drug-likeness (QED) is 0.330. The molecule has 3 aliphatic carbocycles. The number of hydrogen-bond acceptors (Lipinski definition) is 7. The van der Waals surface area contributed by atoms with Crippen LogP contribution >= 0.6 is 11.6 Å². The van der Waals surface area contributed by atoms with Crippen LogP contribution in [0.3, 0.4) is 0 Å². The summed E-state index contributed by atoms with van der Waals surface area (Å²) >= 11 is 6.46. The highest BCUT2D eigenvalue weighted by Crippen LogP contribution is 2.47. The standard InChI is InChI=1S/C39H51ClN4O6S/c1-25-6-4-8-35(49-3)32-14-9-28(32)21-44-23-39(17-5-7-26-18-29(40)11-15-33(26)39)24-50-36-16-10-27(19-34(36)44)37(45)42-51(47,22-25)43-38(46)41-30-12-13-31(20-30)48-2/h4,8,10-11,15-16,18-19,25,28,30-32,35H,5-7,9,12-14,17,20-24H2,1-3H3,(H2,41,42,43,45,46,47)/b8-4+/t25-,28-,30+,31+,32+,35-,39-,51?/m0/s1. The molecule has 10 nitrogen and oxygen atoms in total. The topological polar surface area (TPSA) is 119 Å². The maximum atomic E-state index is 14.5. The van der Waals surface area contributed by atoms with Gasteiger partial charge in [-0.2, -0.15) is 0 Å². The van der Waals surface area contributed by atoms with E-state index in [1.165, 1.54) is 11.1 Å². The van der Waals surface area contributed by atoms with Crippen LogP contribution in [-0.4, -0.2) is 74.1 Å². The normalized spacial score (nSPS) is 34.2. The predicted molar refractivity (Wildman–Crippen MR) is 200 cm³/mol. The number of rotatable bonds is 4. The van der Waals surface area contributed by atoms with Gasteiger partial charge < -0.3 is 24.4 Å². The molecule has 276 valence electrons. The second-order valence-corrected chi connectivity index (χ2v) is 17.8. The minimum absolute atomic E-state index is 0.0255. The number of benzene rings is 2. The number of halogens is 1. The van der Waals surface area contributed by atoms with E-state index < -0.39 is 21.9 Å². The molecule has 12 heteroatoms. The Hall–Kier alpha value is -3.12. The second kappa shape index (κ2) is 15.1. The van der Waals surface area contributed by atoms with Crippen molar-refractivity contribution in [2.24, 2.45) is 22.1 Å². The highest BCUT2D eigenvalue weighted by Gasteiger charge is 2.44. The van der Waals surface area contributed by atoms with Gasteiger partial charge in [-0.15, -0.1) is 4.36 Å². The summed E-state index contributed by atoms with van der Waals surface area (Å²) in [6.07, 6.45) is 12.3. The lowest BCUT2D eigenvalue weighted by Gasteiger charge is -2.46. The molecule has 2 N–H and O–H groups in total. The lowest BCUT2D eigenvalue weighted by molar-refractivity contribution is 0.0131. The number of amides is 3. The van der Waals surface area contributed by atoms with Crippen LogP contribution in [0.1, 0.15) is 79.8 Å². The number of nitrogens with zero attached hydrogens (tertiary/aromatic N) is 2. The van der Waals surface area contributed by atoms with Crippen molar-refractivity contribution in [1.29, 1.82) is 0 Å². The molecule has 0 saturated heterocycles. The third-order valence-corrected chi connectivity index (χ3v) is 14.0. The Bertz CT molecular complexity index is 1790. The van der Waals surface area contributed by atoms with Crippen molar-refractivity contribution in [3.05, 3.63) is 70.3 Å². The van der Waals surface area contributed by atoms with Gasteiger partial charge in [0.1, 0.15) is 15.7 Å². The third-order valence-electron chi connectivity index (χ3n) is 11.8. The van der Waals surface area contributed by atoms with Gasteiger partial charge in [-0.3, -0.25) is 9.52 Å².